The Kier molecular flexibility index (Phi) is 9.13. The van der Waals surface area contributed by atoms with Gasteiger partial charge in [-0.25, -0.2) is 32.2 Å². The molecule has 0 spiro atoms. The second-order valence-electron chi connectivity index (χ2n) is 12.7. The average Bonchev–Trinajstić information content (AvgIpc) is 3.61. The van der Waals surface area contributed by atoms with Crippen molar-refractivity contribution in [3.05, 3.63) is 77.1 Å². The van der Waals surface area contributed by atoms with E-state index in [9.17, 15) is 8.42 Å². The van der Waals surface area contributed by atoms with Gasteiger partial charge in [0.2, 0.25) is 5.88 Å². The van der Waals surface area contributed by atoms with Gasteiger partial charge in [0, 0.05) is 38.3 Å². The van der Waals surface area contributed by atoms with Crippen LogP contribution in [0.25, 0.3) is 28.2 Å². The van der Waals surface area contributed by atoms with Crippen molar-refractivity contribution < 1.29 is 26.7 Å². The number of ether oxygens (including phenoxy) is 2. The Morgan fingerprint density at radius 2 is 1.87 bits per heavy atom. The lowest BCUT2D eigenvalue weighted by atomic mass is 10.0. The third-order valence-corrected chi connectivity index (χ3v) is 11.4. The minimum Gasteiger partial charge on any atom is -0.480 e. The number of halogens is 3. The highest BCUT2D eigenvalue weighted by Gasteiger charge is 2.27. The minimum atomic E-state index is -4.41. The molecule has 1 aliphatic carbocycles. The van der Waals surface area contributed by atoms with Crippen LogP contribution in [0.4, 0.5) is 14.5 Å². The average molecular weight is 701 g/mol. The zero-order chi connectivity index (χ0) is 33.5. The maximum atomic E-state index is 15.9. The fourth-order valence-electron chi connectivity index (χ4n) is 5.62. The summed E-state index contributed by atoms with van der Waals surface area (Å²) in [6, 6.07) is 7.48. The molecule has 0 radical (unpaired) electrons. The van der Waals surface area contributed by atoms with Crippen LogP contribution in [0.5, 0.6) is 5.88 Å². The van der Waals surface area contributed by atoms with Crippen LogP contribution >= 0.6 is 11.6 Å². The Labute approximate surface area is 277 Å². The molecular formula is C32H35ClF2N6O4SSi. The van der Waals surface area contributed by atoms with Gasteiger partial charge in [0.05, 0.1) is 34.6 Å². The first-order valence-corrected chi connectivity index (χ1v) is 20.8. The maximum absolute atomic E-state index is 15.9. The zero-order valence-electron chi connectivity index (χ0n) is 26.5. The number of methoxy groups -OCH3 is 1. The molecule has 6 rings (SSSR count). The van der Waals surface area contributed by atoms with Crippen LogP contribution in [-0.2, 0) is 34.3 Å². The van der Waals surface area contributed by atoms with Crippen LogP contribution < -0.4 is 9.46 Å². The number of fused-ring (bicyclic) bond motifs is 2. The normalized spacial score (nSPS) is 13.6. The molecule has 5 aromatic rings. The van der Waals surface area contributed by atoms with Crippen molar-refractivity contribution >= 4 is 40.9 Å². The SMILES string of the molecule is COc1ncc(Cl)cc1S(=O)(=O)Nc1ccc(F)c(-c2ccc3c(-c4nc5c(n4COCC[Si](C)(C)C)CCCC5)ncn3c2)c1F. The van der Waals surface area contributed by atoms with E-state index >= 15 is 8.78 Å². The summed E-state index contributed by atoms with van der Waals surface area (Å²) in [6.45, 7) is 7.99. The molecule has 1 N–H and O–H groups in total. The Morgan fingerprint density at radius 3 is 2.64 bits per heavy atom. The number of aryl methyl sites for hydroxylation is 1. The molecule has 1 aliphatic rings. The third-order valence-electron chi connectivity index (χ3n) is 8.08. The molecule has 4 aromatic heterocycles. The Hall–Kier alpha value is -3.85. The smallest absolute Gasteiger partial charge is 0.267 e. The molecule has 0 unspecified atom stereocenters. The van der Waals surface area contributed by atoms with Gasteiger partial charge in [-0.3, -0.25) is 4.72 Å². The van der Waals surface area contributed by atoms with E-state index in [-0.39, 0.29) is 16.5 Å². The van der Waals surface area contributed by atoms with E-state index in [0.29, 0.717) is 30.4 Å². The van der Waals surface area contributed by atoms with Crippen LogP contribution in [0.3, 0.4) is 0 Å². The lowest BCUT2D eigenvalue weighted by Crippen LogP contribution is -2.22. The molecule has 0 saturated carbocycles. The first kappa shape index (κ1) is 33.1. The van der Waals surface area contributed by atoms with Crippen molar-refractivity contribution in [1.82, 2.24) is 23.9 Å². The highest BCUT2D eigenvalue weighted by atomic mass is 35.5. The molecule has 0 atom stereocenters. The van der Waals surface area contributed by atoms with Gasteiger partial charge >= 0.3 is 0 Å². The van der Waals surface area contributed by atoms with Crippen molar-refractivity contribution in [2.24, 2.45) is 0 Å². The van der Waals surface area contributed by atoms with Crippen molar-refractivity contribution in [2.75, 3.05) is 18.4 Å². The summed E-state index contributed by atoms with van der Waals surface area (Å²) >= 11 is 5.96. The van der Waals surface area contributed by atoms with Gasteiger partial charge in [0.15, 0.2) is 16.5 Å². The first-order valence-electron chi connectivity index (χ1n) is 15.2. The summed E-state index contributed by atoms with van der Waals surface area (Å²) in [5.74, 6) is -1.50. The van der Waals surface area contributed by atoms with Gasteiger partial charge in [-0.05, 0) is 56.0 Å². The highest BCUT2D eigenvalue weighted by Crippen LogP contribution is 2.35. The molecule has 0 fully saturated rings. The minimum absolute atomic E-state index is 0.0386. The quantitative estimate of drug-likeness (QED) is 0.115. The van der Waals surface area contributed by atoms with Crippen LogP contribution in [0.1, 0.15) is 24.2 Å². The van der Waals surface area contributed by atoms with E-state index < -0.39 is 45.9 Å². The first-order chi connectivity index (χ1) is 22.4. The Morgan fingerprint density at radius 1 is 1.09 bits per heavy atom. The van der Waals surface area contributed by atoms with Gasteiger partial charge in [-0.15, -0.1) is 0 Å². The fraction of sp³-hybridized carbons (Fsp3) is 0.344. The standard InChI is InChI=1S/C32H35ClF2N6O4SSi/c1-44-32-27(15-21(33)16-36-32)46(42,43)39-24-11-10-22(34)28(29(24)35)20-9-12-26-30(37-18-40(26)17-20)31-38-23-7-5-6-8-25(23)41(31)19-45-13-14-47(2,3)4/h9-12,15-18,39H,5-8,13-14,19H2,1-4H3. The second kappa shape index (κ2) is 13.0. The van der Waals surface area contributed by atoms with Crippen molar-refractivity contribution in [3.8, 4) is 28.5 Å². The number of rotatable bonds is 11. The second-order valence-corrected chi connectivity index (χ2v) is 20.4. The number of nitrogens with one attached hydrogen (secondary N) is 1. The number of hydrogen-bond acceptors (Lipinski definition) is 7. The maximum Gasteiger partial charge on any atom is 0.267 e. The molecule has 10 nitrogen and oxygen atoms in total. The number of sulfonamides is 1. The molecule has 1 aromatic carbocycles. The summed E-state index contributed by atoms with van der Waals surface area (Å²) < 4.78 is 74.6. The monoisotopic (exact) mass is 700 g/mol. The number of imidazole rings is 2. The van der Waals surface area contributed by atoms with Crippen LogP contribution in [0.15, 0.2) is 53.9 Å². The Bertz CT molecular complexity index is 2080. The van der Waals surface area contributed by atoms with E-state index in [1.807, 2.05) is 0 Å². The van der Waals surface area contributed by atoms with E-state index in [1.165, 1.54) is 13.3 Å². The number of hydrogen-bond donors (Lipinski definition) is 1. The summed E-state index contributed by atoms with van der Waals surface area (Å²) in [6.07, 6.45) is 8.29. The third kappa shape index (κ3) is 6.77. The van der Waals surface area contributed by atoms with Crippen molar-refractivity contribution in [1.29, 1.82) is 0 Å². The molecular weight excluding hydrogens is 666 g/mol. The summed E-state index contributed by atoms with van der Waals surface area (Å²) in [4.78, 5) is 13.1. The van der Waals surface area contributed by atoms with Crippen LogP contribution in [0.2, 0.25) is 30.7 Å². The molecule has 0 bridgehead atoms. The fourth-order valence-corrected chi connectivity index (χ4v) is 7.81. The molecule has 15 heteroatoms. The zero-order valence-corrected chi connectivity index (χ0v) is 29.1. The number of aromatic nitrogens is 5. The summed E-state index contributed by atoms with van der Waals surface area (Å²) in [7, 11) is -4.42. The van der Waals surface area contributed by atoms with Gasteiger partial charge in [0.1, 0.15) is 24.6 Å². The van der Waals surface area contributed by atoms with E-state index in [4.69, 9.17) is 26.1 Å². The Balaban J connectivity index is 1.34. The summed E-state index contributed by atoms with van der Waals surface area (Å²) in [5, 5.41) is 0.0386. The van der Waals surface area contributed by atoms with Crippen LogP contribution in [0, 0.1) is 11.6 Å². The molecule has 4 heterocycles. The predicted octanol–water partition coefficient (Wildman–Crippen LogP) is 7.19. The lowest BCUT2D eigenvalue weighted by Gasteiger charge is -2.18. The number of pyridine rings is 2. The number of nitrogens with zero attached hydrogens (tertiary/aromatic N) is 5. The largest absolute Gasteiger partial charge is 0.480 e. The topological polar surface area (TPSA) is 113 Å². The van der Waals surface area contributed by atoms with Crippen molar-refractivity contribution in [2.45, 2.75) is 63.0 Å². The molecule has 47 heavy (non-hydrogen) atoms. The van der Waals surface area contributed by atoms with Gasteiger partial charge in [0.25, 0.3) is 10.0 Å². The van der Waals surface area contributed by atoms with E-state index in [2.05, 4.69) is 38.9 Å². The van der Waals surface area contributed by atoms with Gasteiger partial charge in [-0.1, -0.05) is 37.3 Å². The van der Waals surface area contributed by atoms with Gasteiger partial charge in [-0.2, -0.15) is 0 Å². The number of anilines is 1. The number of benzene rings is 1. The van der Waals surface area contributed by atoms with Crippen LogP contribution in [-0.4, -0.2) is 54.1 Å². The summed E-state index contributed by atoms with van der Waals surface area (Å²) in [5.41, 5.74) is 2.84. The van der Waals surface area contributed by atoms with E-state index in [1.54, 1.807) is 29.1 Å². The molecule has 0 aliphatic heterocycles. The molecule has 0 amide bonds. The highest BCUT2D eigenvalue weighted by molar-refractivity contribution is 7.92. The lowest BCUT2D eigenvalue weighted by molar-refractivity contribution is 0.0861. The molecule has 0 saturated heterocycles. The predicted molar refractivity (Wildman–Crippen MR) is 179 cm³/mol. The van der Waals surface area contributed by atoms with Crippen molar-refractivity contribution in [3.63, 3.8) is 0 Å². The van der Waals surface area contributed by atoms with E-state index in [0.717, 1.165) is 61.3 Å². The molecule has 248 valence electrons. The van der Waals surface area contributed by atoms with Gasteiger partial charge < -0.3 is 18.4 Å².